The van der Waals surface area contributed by atoms with Crippen molar-refractivity contribution < 1.29 is 9.59 Å². The lowest BCUT2D eigenvalue weighted by Crippen LogP contribution is -2.51. The summed E-state index contributed by atoms with van der Waals surface area (Å²) in [6.45, 7) is 12.7. The third kappa shape index (κ3) is 7.22. The van der Waals surface area contributed by atoms with Crippen molar-refractivity contribution in [2.24, 2.45) is 5.92 Å². The highest BCUT2D eigenvalue weighted by Crippen LogP contribution is 2.05. The molecule has 0 saturated carbocycles. The normalized spacial score (nSPS) is 16.8. The van der Waals surface area contributed by atoms with E-state index in [-0.39, 0.29) is 18.4 Å². The van der Waals surface area contributed by atoms with Gasteiger partial charge in [-0.1, -0.05) is 20.8 Å². The number of piperazine rings is 1. The first kappa shape index (κ1) is 18.9. The van der Waals surface area contributed by atoms with Crippen LogP contribution in [0.5, 0.6) is 0 Å². The van der Waals surface area contributed by atoms with Crippen molar-refractivity contribution in [3.63, 3.8) is 0 Å². The van der Waals surface area contributed by atoms with Crippen LogP contribution >= 0.6 is 0 Å². The fraction of sp³-hybridized carbons (Fsp3) is 0.875. The highest BCUT2D eigenvalue weighted by atomic mass is 16.2. The molecular formula is C16H32N4O2. The number of nitrogens with one attached hydrogen (secondary N) is 1. The molecule has 0 aromatic carbocycles. The topological polar surface area (TPSA) is 55.9 Å². The van der Waals surface area contributed by atoms with Gasteiger partial charge in [0.2, 0.25) is 11.8 Å². The largest absolute Gasteiger partial charge is 0.355 e. The van der Waals surface area contributed by atoms with Crippen molar-refractivity contribution in [1.82, 2.24) is 20.0 Å². The summed E-state index contributed by atoms with van der Waals surface area (Å²) in [4.78, 5) is 30.0. The molecule has 0 unspecified atom stereocenters. The van der Waals surface area contributed by atoms with Gasteiger partial charge in [-0.15, -0.1) is 0 Å². The second-order valence-corrected chi connectivity index (χ2v) is 6.57. The Bertz CT molecular complexity index is 352. The van der Waals surface area contributed by atoms with E-state index in [1.807, 2.05) is 6.92 Å². The Morgan fingerprint density at radius 1 is 1.14 bits per heavy atom. The van der Waals surface area contributed by atoms with Crippen molar-refractivity contribution in [3.8, 4) is 0 Å². The van der Waals surface area contributed by atoms with Gasteiger partial charge in [0.25, 0.3) is 0 Å². The molecule has 1 N–H and O–H groups in total. The quantitative estimate of drug-likeness (QED) is 0.698. The van der Waals surface area contributed by atoms with Gasteiger partial charge in [-0.2, -0.15) is 0 Å². The van der Waals surface area contributed by atoms with Crippen molar-refractivity contribution in [2.75, 3.05) is 59.4 Å². The lowest BCUT2D eigenvalue weighted by atomic mass is 10.2. The van der Waals surface area contributed by atoms with Gasteiger partial charge in [-0.3, -0.25) is 14.5 Å². The van der Waals surface area contributed by atoms with Crippen LogP contribution in [0.1, 0.15) is 27.2 Å². The maximum absolute atomic E-state index is 12.2. The highest BCUT2D eigenvalue weighted by Gasteiger charge is 2.21. The first-order valence-electron chi connectivity index (χ1n) is 8.37. The number of hydrogen-bond donors (Lipinski definition) is 1. The molecule has 1 saturated heterocycles. The molecule has 0 spiro atoms. The van der Waals surface area contributed by atoms with Crippen molar-refractivity contribution in [2.45, 2.75) is 27.2 Å². The fourth-order valence-corrected chi connectivity index (χ4v) is 2.58. The molecule has 1 aliphatic heterocycles. The highest BCUT2D eigenvalue weighted by molar-refractivity contribution is 5.85. The molecule has 0 aliphatic carbocycles. The minimum absolute atomic E-state index is 0.0176. The Labute approximate surface area is 134 Å². The number of carbonyl (C=O) groups is 2. The SMILES string of the molecule is CCCNC(=O)CN(C)C(=O)CN1CCN(CC(C)C)CC1. The Morgan fingerprint density at radius 2 is 1.73 bits per heavy atom. The molecule has 6 heteroatoms. The predicted molar refractivity (Wildman–Crippen MR) is 88.7 cm³/mol. The summed E-state index contributed by atoms with van der Waals surface area (Å²) in [7, 11) is 1.70. The Balaban J connectivity index is 2.26. The van der Waals surface area contributed by atoms with E-state index in [1.165, 1.54) is 4.90 Å². The van der Waals surface area contributed by atoms with Crippen LogP contribution in [0.3, 0.4) is 0 Å². The van der Waals surface area contributed by atoms with E-state index in [1.54, 1.807) is 7.05 Å². The Kier molecular flexibility index (Phi) is 8.42. The molecule has 1 heterocycles. The third-order valence-electron chi connectivity index (χ3n) is 3.83. The van der Waals surface area contributed by atoms with E-state index in [0.29, 0.717) is 19.0 Å². The molecule has 1 aliphatic rings. The summed E-state index contributed by atoms with van der Waals surface area (Å²) < 4.78 is 0. The van der Waals surface area contributed by atoms with Gasteiger partial charge in [0.05, 0.1) is 13.1 Å². The molecule has 0 aromatic rings. The van der Waals surface area contributed by atoms with Gasteiger partial charge in [-0.05, 0) is 12.3 Å². The molecule has 0 radical (unpaired) electrons. The number of rotatable bonds is 8. The first-order chi connectivity index (χ1) is 10.4. The number of carbonyl (C=O) groups excluding carboxylic acids is 2. The average molecular weight is 312 g/mol. The zero-order chi connectivity index (χ0) is 16.5. The summed E-state index contributed by atoms with van der Waals surface area (Å²) in [5.41, 5.74) is 0. The molecule has 22 heavy (non-hydrogen) atoms. The third-order valence-corrected chi connectivity index (χ3v) is 3.83. The molecule has 6 nitrogen and oxygen atoms in total. The summed E-state index contributed by atoms with van der Waals surface area (Å²) in [6.07, 6.45) is 0.907. The van der Waals surface area contributed by atoms with Gasteiger partial charge < -0.3 is 15.1 Å². The Morgan fingerprint density at radius 3 is 2.27 bits per heavy atom. The van der Waals surface area contributed by atoms with Gasteiger partial charge in [0.1, 0.15) is 0 Å². The smallest absolute Gasteiger partial charge is 0.239 e. The lowest BCUT2D eigenvalue weighted by Gasteiger charge is -2.35. The number of nitrogens with zero attached hydrogens (tertiary/aromatic N) is 3. The molecule has 128 valence electrons. The molecule has 0 aromatic heterocycles. The van der Waals surface area contributed by atoms with Crippen LogP contribution in [0.2, 0.25) is 0 Å². The maximum Gasteiger partial charge on any atom is 0.239 e. The van der Waals surface area contributed by atoms with E-state index < -0.39 is 0 Å². The average Bonchev–Trinajstić information content (AvgIpc) is 2.46. The summed E-state index contributed by atoms with van der Waals surface area (Å²) in [6, 6.07) is 0. The van der Waals surface area contributed by atoms with Crippen molar-refractivity contribution in [3.05, 3.63) is 0 Å². The van der Waals surface area contributed by atoms with Gasteiger partial charge in [0.15, 0.2) is 0 Å². The van der Waals surface area contributed by atoms with Crippen molar-refractivity contribution >= 4 is 11.8 Å². The maximum atomic E-state index is 12.2. The van der Waals surface area contributed by atoms with Gasteiger partial charge >= 0.3 is 0 Å². The summed E-state index contributed by atoms with van der Waals surface area (Å²) >= 11 is 0. The number of likely N-dealkylation sites (N-methyl/N-ethyl adjacent to an activating group) is 1. The van der Waals surface area contributed by atoms with Crippen LogP contribution in [0.15, 0.2) is 0 Å². The molecule has 1 fully saturated rings. The van der Waals surface area contributed by atoms with Gasteiger partial charge in [0, 0.05) is 46.3 Å². The zero-order valence-electron chi connectivity index (χ0n) is 14.6. The molecule has 0 bridgehead atoms. The van der Waals surface area contributed by atoms with E-state index >= 15 is 0 Å². The molecule has 2 amide bonds. The minimum Gasteiger partial charge on any atom is -0.355 e. The second kappa shape index (κ2) is 9.79. The van der Waals surface area contributed by atoms with E-state index in [9.17, 15) is 9.59 Å². The van der Waals surface area contributed by atoms with Crippen LogP contribution in [-0.2, 0) is 9.59 Å². The number of amides is 2. The standard InChI is InChI=1S/C16H32N4O2/c1-5-6-17-15(21)12-18(4)16(22)13-20-9-7-19(8-10-20)11-14(2)3/h14H,5-13H2,1-4H3,(H,17,21). The lowest BCUT2D eigenvalue weighted by molar-refractivity contribution is -0.136. The van der Waals surface area contributed by atoms with Crippen molar-refractivity contribution in [1.29, 1.82) is 0 Å². The predicted octanol–water partition coefficient (Wildman–Crippen LogP) is 0.245. The van der Waals surface area contributed by atoms with Crippen LogP contribution in [-0.4, -0.2) is 85.9 Å². The van der Waals surface area contributed by atoms with Gasteiger partial charge in [-0.25, -0.2) is 0 Å². The van der Waals surface area contributed by atoms with Crippen LogP contribution in [0, 0.1) is 5.92 Å². The Hall–Kier alpha value is -1.14. The fourth-order valence-electron chi connectivity index (χ4n) is 2.58. The van der Waals surface area contributed by atoms with Crippen LogP contribution < -0.4 is 5.32 Å². The van der Waals surface area contributed by atoms with Crippen LogP contribution in [0.25, 0.3) is 0 Å². The summed E-state index contributed by atoms with van der Waals surface area (Å²) in [5.74, 6) is 0.615. The van der Waals surface area contributed by atoms with Crippen LogP contribution in [0.4, 0.5) is 0 Å². The first-order valence-corrected chi connectivity index (χ1v) is 8.37. The van der Waals surface area contributed by atoms with E-state index in [4.69, 9.17) is 0 Å². The minimum atomic E-state index is -0.0838. The van der Waals surface area contributed by atoms with E-state index in [2.05, 4.69) is 29.0 Å². The zero-order valence-corrected chi connectivity index (χ0v) is 14.6. The summed E-state index contributed by atoms with van der Waals surface area (Å²) in [5, 5.41) is 2.79. The van der Waals surface area contributed by atoms with E-state index in [0.717, 1.165) is 39.1 Å². The molecule has 1 rings (SSSR count). The second-order valence-electron chi connectivity index (χ2n) is 6.57. The number of hydrogen-bond acceptors (Lipinski definition) is 4. The monoisotopic (exact) mass is 312 g/mol. The molecule has 0 atom stereocenters. The molecular weight excluding hydrogens is 280 g/mol.